The van der Waals surface area contributed by atoms with Crippen LogP contribution in [0.2, 0.25) is 0 Å². The number of anilines is 1. The molecule has 13 nitrogen and oxygen atoms in total. The minimum Gasteiger partial charge on any atom is -0.507 e. The average Bonchev–Trinajstić information content (AvgIpc) is 3.36. The van der Waals surface area contributed by atoms with E-state index < -0.39 is 88.6 Å². The van der Waals surface area contributed by atoms with Gasteiger partial charge in [0.25, 0.3) is 11.7 Å². The summed E-state index contributed by atoms with van der Waals surface area (Å²) in [7, 11) is 1.43. The smallest absolute Gasteiger partial charge is 0.312 e. The molecular formula is C38H49NO12S. The van der Waals surface area contributed by atoms with E-state index in [-0.39, 0.29) is 50.2 Å². The first kappa shape index (κ1) is 40.5. The number of aromatic hydroxyl groups is 3. The molecule has 0 radical (unpaired) electrons. The molecule has 7 N–H and O–H groups in total. The van der Waals surface area contributed by atoms with Gasteiger partial charge in [-0.25, -0.2) is 0 Å². The second-order valence-corrected chi connectivity index (χ2v) is 14.7. The first-order valence-electron chi connectivity index (χ1n) is 17.0. The van der Waals surface area contributed by atoms with Crippen LogP contribution in [0.25, 0.3) is 10.8 Å². The van der Waals surface area contributed by atoms with E-state index in [9.17, 15) is 45.0 Å². The number of Topliss-reactive ketones (excluding diaryl/α,β-unsaturated/α-hetero) is 1. The number of phenols is 3. The number of phenolic OH excluding ortho intramolecular Hbond substituents is 3. The fourth-order valence-electron chi connectivity index (χ4n) is 7.18. The first-order chi connectivity index (χ1) is 24.3. The molecule has 0 aromatic heterocycles. The highest BCUT2D eigenvalue weighted by Gasteiger charge is 2.50. The van der Waals surface area contributed by atoms with Crippen molar-refractivity contribution in [2.75, 3.05) is 18.7 Å². The van der Waals surface area contributed by atoms with Crippen LogP contribution >= 0.6 is 11.8 Å². The van der Waals surface area contributed by atoms with Crippen molar-refractivity contribution in [2.45, 2.75) is 83.9 Å². The van der Waals surface area contributed by atoms with Gasteiger partial charge in [0, 0.05) is 48.8 Å². The quantitative estimate of drug-likeness (QED) is 0.115. The fourth-order valence-corrected chi connectivity index (χ4v) is 7.82. The summed E-state index contributed by atoms with van der Waals surface area (Å²) < 4.78 is 17.6. The number of fused-ring (bicyclic) bond motifs is 14. The number of carboxylic acids is 1. The second kappa shape index (κ2) is 15.8. The molecule has 2 aromatic carbocycles. The Morgan fingerprint density at radius 1 is 0.962 bits per heavy atom. The van der Waals surface area contributed by atoms with Crippen LogP contribution in [0.15, 0.2) is 41.0 Å². The van der Waals surface area contributed by atoms with Crippen LogP contribution in [0.4, 0.5) is 5.69 Å². The van der Waals surface area contributed by atoms with Gasteiger partial charge in [0.1, 0.15) is 22.9 Å². The molecule has 52 heavy (non-hydrogen) atoms. The SMILES string of the molecule is COC1C=COC2(C)Oc3c(C)c(O)c4c(O)c(c(SC)c(O)c4c3C2=O)NC(=O)C(C)=CC=CC(C)C(O)C(C)C(O)C(C)C(CC(=O)O)C1C. The van der Waals surface area contributed by atoms with Gasteiger partial charge in [0.05, 0.1) is 40.4 Å². The van der Waals surface area contributed by atoms with Crippen LogP contribution in [-0.4, -0.2) is 85.8 Å². The number of thioether (sulfide) groups is 1. The van der Waals surface area contributed by atoms with E-state index in [2.05, 4.69) is 5.32 Å². The van der Waals surface area contributed by atoms with Crippen molar-refractivity contribution in [2.24, 2.45) is 29.6 Å². The molecule has 0 saturated heterocycles. The lowest BCUT2D eigenvalue weighted by Crippen LogP contribution is -2.43. The molecule has 9 atom stereocenters. The number of carbonyl (C=O) groups is 3. The number of nitrogens with one attached hydrogen (secondary N) is 1. The largest absolute Gasteiger partial charge is 0.507 e. The monoisotopic (exact) mass is 743 g/mol. The number of amides is 1. The normalized spacial score (nSPS) is 30.2. The van der Waals surface area contributed by atoms with Crippen LogP contribution in [0.1, 0.15) is 63.9 Å². The number of ketones is 1. The summed E-state index contributed by atoms with van der Waals surface area (Å²) in [5.74, 6) is -9.02. The number of allylic oxidation sites excluding steroid dienone is 2. The number of hydrogen-bond acceptors (Lipinski definition) is 12. The van der Waals surface area contributed by atoms with Crippen LogP contribution in [0.5, 0.6) is 23.0 Å². The average molecular weight is 744 g/mol. The van der Waals surface area contributed by atoms with Crippen LogP contribution in [-0.2, 0) is 19.1 Å². The van der Waals surface area contributed by atoms with Gasteiger partial charge in [0.2, 0.25) is 0 Å². The number of aliphatic hydroxyl groups is 2. The van der Waals surface area contributed by atoms with E-state index >= 15 is 0 Å². The summed E-state index contributed by atoms with van der Waals surface area (Å²) in [6.45, 7) is 11.3. The predicted octanol–water partition coefficient (Wildman–Crippen LogP) is 5.64. The fraction of sp³-hybridized carbons (Fsp3) is 0.500. The van der Waals surface area contributed by atoms with E-state index in [4.69, 9.17) is 14.2 Å². The van der Waals surface area contributed by atoms with E-state index in [0.717, 1.165) is 11.8 Å². The Balaban J connectivity index is 1.93. The number of hydrogen-bond donors (Lipinski definition) is 7. The molecule has 3 aliphatic rings. The van der Waals surface area contributed by atoms with Crippen molar-refractivity contribution in [1.82, 2.24) is 0 Å². The number of carboxylic acid groups (broad SMARTS) is 1. The molecule has 3 aliphatic heterocycles. The first-order valence-corrected chi connectivity index (χ1v) is 18.2. The topological polar surface area (TPSA) is 212 Å². The maximum Gasteiger partial charge on any atom is 0.312 e. The number of rotatable bonds is 4. The lowest BCUT2D eigenvalue weighted by Gasteiger charge is -2.38. The van der Waals surface area contributed by atoms with E-state index in [1.807, 2.05) is 0 Å². The lowest BCUT2D eigenvalue weighted by molar-refractivity contribution is -0.140. The third kappa shape index (κ3) is 7.34. The maximum absolute atomic E-state index is 14.1. The summed E-state index contributed by atoms with van der Waals surface area (Å²) >= 11 is 0.990. The number of benzene rings is 2. The van der Waals surface area contributed by atoms with Crippen molar-refractivity contribution >= 4 is 45.9 Å². The molecule has 2 aromatic rings. The molecular weight excluding hydrogens is 694 g/mol. The van der Waals surface area contributed by atoms with Crippen LogP contribution in [0.3, 0.4) is 0 Å². The third-order valence-electron chi connectivity index (χ3n) is 10.6. The predicted molar refractivity (Wildman–Crippen MR) is 196 cm³/mol. The highest BCUT2D eigenvalue weighted by atomic mass is 32.2. The molecule has 1 amide bonds. The van der Waals surface area contributed by atoms with Gasteiger partial charge in [-0.15, -0.1) is 11.8 Å². The summed E-state index contributed by atoms with van der Waals surface area (Å²) in [5.41, 5.74) is -0.0689. The molecule has 0 aliphatic carbocycles. The second-order valence-electron chi connectivity index (χ2n) is 13.9. The number of aliphatic hydroxyl groups excluding tert-OH is 2. The number of methoxy groups -OCH3 is 1. The highest BCUT2D eigenvalue weighted by molar-refractivity contribution is 7.98. The maximum atomic E-state index is 14.1. The summed E-state index contributed by atoms with van der Waals surface area (Å²) in [6.07, 6.45) is 5.81. The Labute approximate surface area is 307 Å². The van der Waals surface area contributed by atoms with Gasteiger partial charge in [-0.3, -0.25) is 14.4 Å². The molecule has 9 unspecified atom stereocenters. The van der Waals surface area contributed by atoms with Gasteiger partial charge < -0.3 is 50.2 Å². The zero-order valence-corrected chi connectivity index (χ0v) is 31.6. The van der Waals surface area contributed by atoms with Crippen molar-refractivity contribution in [3.05, 3.63) is 47.3 Å². The van der Waals surface area contributed by atoms with Crippen molar-refractivity contribution < 1.29 is 59.2 Å². The van der Waals surface area contributed by atoms with E-state index in [1.165, 1.54) is 46.3 Å². The van der Waals surface area contributed by atoms with E-state index in [0.29, 0.717) is 0 Å². The van der Waals surface area contributed by atoms with E-state index in [1.54, 1.807) is 46.1 Å². The molecule has 284 valence electrons. The molecule has 14 heteroatoms. The van der Waals surface area contributed by atoms with Gasteiger partial charge in [-0.1, -0.05) is 45.9 Å². The Hall–Kier alpha value is -4.24. The molecule has 0 spiro atoms. The molecule has 5 bridgehead atoms. The van der Waals surface area contributed by atoms with Crippen molar-refractivity contribution in [3.63, 3.8) is 0 Å². The summed E-state index contributed by atoms with van der Waals surface area (Å²) in [4.78, 5) is 39.5. The summed E-state index contributed by atoms with van der Waals surface area (Å²) in [5, 5.41) is 69.1. The molecule has 5 rings (SSSR count). The van der Waals surface area contributed by atoms with Crippen LogP contribution < -0.4 is 10.1 Å². The zero-order valence-electron chi connectivity index (χ0n) is 30.8. The Morgan fingerprint density at radius 2 is 1.62 bits per heavy atom. The Morgan fingerprint density at radius 3 is 2.21 bits per heavy atom. The Bertz CT molecular complexity index is 1840. The number of carbonyl (C=O) groups excluding carboxylic acids is 2. The van der Waals surface area contributed by atoms with Gasteiger partial charge in [0.15, 0.2) is 5.75 Å². The Kier molecular flexibility index (Phi) is 12.3. The van der Waals surface area contributed by atoms with Gasteiger partial charge in [-0.2, -0.15) is 0 Å². The molecule has 0 fully saturated rings. The third-order valence-corrected chi connectivity index (χ3v) is 11.4. The zero-order chi connectivity index (χ0) is 39.0. The molecule has 3 heterocycles. The minimum absolute atomic E-state index is 0.0233. The highest BCUT2D eigenvalue weighted by Crippen LogP contribution is 2.57. The lowest BCUT2D eigenvalue weighted by atomic mass is 9.72. The van der Waals surface area contributed by atoms with Gasteiger partial charge in [-0.05, 0) is 43.9 Å². The van der Waals surface area contributed by atoms with Gasteiger partial charge >= 0.3 is 11.8 Å². The number of ether oxygens (including phenoxy) is 3. The minimum atomic E-state index is -2.00. The molecule has 0 saturated carbocycles. The van der Waals surface area contributed by atoms with Crippen molar-refractivity contribution in [3.8, 4) is 23.0 Å². The summed E-state index contributed by atoms with van der Waals surface area (Å²) in [6, 6.07) is 0. The standard InChI is InChI=1S/C38H49NO12S/c1-16-11-10-12-17(2)37(48)39-28-32(45)26-25(33(46)35(28)52-9)27-34(21(6)31(26)44)51-38(7,36(27)47)50-14-13-23(49-8)18(3)22(15-24(40)41)19(4)30(43)20(5)29(16)42/h10-14,16,18-20,22-23,29-30,42-46H,15H2,1-9H3,(H,39,48)(H,40,41). The van der Waals surface area contributed by atoms with Crippen molar-refractivity contribution in [1.29, 1.82) is 0 Å². The number of aliphatic carboxylic acids is 1. The van der Waals surface area contributed by atoms with Crippen LogP contribution in [0, 0.1) is 36.5 Å².